The van der Waals surface area contributed by atoms with E-state index in [-0.39, 0.29) is 0 Å². The van der Waals surface area contributed by atoms with Crippen molar-refractivity contribution in [2.24, 2.45) is 0 Å². The number of ether oxygens (including phenoxy) is 1. The van der Waals surface area contributed by atoms with Gasteiger partial charge in [0.2, 0.25) is 0 Å². The minimum atomic E-state index is -1.36. The second kappa shape index (κ2) is 6.25. The van der Waals surface area contributed by atoms with Crippen molar-refractivity contribution >= 4 is 5.91 Å². The predicted molar refractivity (Wildman–Crippen MR) is 67.2 cm³/mol. The molecular formula is C12H17N3O5. The van der Waals surface area contributed by atoms with E-state index in [1.807, 2.05) is 0 Å². The number of aromatic nitrogens is 1. The van der Waals surface area contributed by atoms with Crippen LogP contribution in [0.15, 0.2) is 24.5 Å². The molecule has 1 unspecified atom stereocenters. The van der Waals surface area contributed by atoms with Gasteiger partial charge < -0.3 is 20.1 Å². The van der Waals surface area contributed by atoms with Crippen LogP contribution in [0.1, 0.15) is 17.3 Å². The third-order valence-electron chi connectivity index (χ3n) is 3.12. The van der Waals surface area contributed by atoms with E-state index < -0.39 is 36.6 Å². The number of hydrogen-bond donors (Lipinski definition) is 5. The maximum Gasteiger partial charge on any atom is 0.265 e. The SMILES string of the molecule is C[C@@H]1OC(NNC(=O)c2ccncc2)[C@H](O)[C@@H](O)[C@H]1O. The standard InChI is InChI=1S/C12H17N3O5/c1-6-8(16)9(17)10(18)12(20-6)15-14-11(19)7-2-4-13-5-3-7/h2-6,8-10,12,15-18H,1H3,(H,14,19)/t6-,8-,9-,10+,12?/m0/s1. The highest BCUT2D eigenvalue weighted by atomic mass is 16.5. The average Bonchev–Trinajstić information content (AvgIpc) is 2.48. The fourth-order valence-electron chi connectivity index (χ4n) is 1.88. The lowest BCUT2D eigenvalue weighted by atomic mass is 9.99. The molecule has 1 aliphatic heterocycles. The number of carbonyl (C=O) groups excluding carboxylic acids is 1. The quantitative estimate of drug-likeness (QED) is 0.412. The van der Waals surface area contributed by atoms with Crippen LogP contribution in [0.3, 0.4) is 0 Å². The molecule has 0 spiro atoms. The summed E-state index contributed by atoms with van der Waals surface area (Å²) in [7, 11) is 0. The zero-order chi connectivity index (χ0) is 14.7. The summed E-state index contributed by atoms with van der Waals surface area (Å²) < 4.78 is 5.27. The normalized spacial score (nSPS) is 33.7. The summed E-state index contributed by atoms with van der Waals surface area (Å²) in [6.45, 7) is 1.55. The minimum Gasteiger partial charge on any atom is -0.388 e. The number of aliphatic hydroxyl groups is 3. The Balaban J connectivity index is 1.92. The van der Waals surface area contributed by atoms with Gasteiger partial charge in [0.25, 0.3) is 5.91 Å². The Hall–Kier alpha value is -1.58. The van der Waals surface area contributed by atoms with Crippen LogP contribution >= 0.6 is 0 Å². The summed E-state index contributed by atoms with van der Waals surface area (Å²) in [6, 6.07) is 3.05. The first-order valence-corrected chi connectivity index (χ1v) is 6.16. The summed E-state index contributed by atoms with van der Waals surface area (Å²) in [5.41, 5.74) is 5.23. The van der Waals surface area contributed by atoms with Gasteiger partial charge in [-0.05, 0) is 19.1 Å². The zero-order valence-electron chi connectivity index (χ0n) is 10.8. The lowest BCUT2D eigenvalue weighted by molar-refractivity contribution is -0.226. The van der Waals surface area contributed by atoms with E-state index in [4.69, 9.17) is 4.74 Å². The van der Waals surface area contributed by atoms with Gasteiger partial charge in [0, 0.05) is 18.0 Å². The Morgan fingerprint density at radius 2 is 1.85 bits per heavy atom. The molecule has 5 atom stereocenters. The largest absolute Gasteiger partial charge is 0.388 e. The summed E-state index contributed by atoms with van der Waals surface area (Å²) in [5.74, 6) is -0.434. The van der Waals surface area contributed by atoms with Gasteiger partial charge in [-0.15, -0.1) is 0 Å². The number of amides is 1. The molecule has 1 amide bonds. The van der Waals surface area contributed by atoms with E-state index in [0.29, 0.717) is 5.56 Å². The number of nitrogens with zero attached hydrogens (tertiary/aromatic N) is 1. The van der Waals surface area contributed by atoms with Crippen molar-refractivity contribution in [3.8, 4) is 0 Å². The molecule has 1 saturated heterocycles. The first-order chi connectivity index (χ1) is 9.50. The van der Waals surface area contributed by atoms with Crippen LogP contribution in [0.25, 0.3) is 0 Å². The molecule has 5 N–H and O–H groups in total. The maximum absolute atomic E-state index is 11.8. The molecule has 0 aromatic carbocycles. The van der Waals surface area contributed by atoms with E-state index in [0.717, 1.165) is 0 Å². The van der Waals surface area contributed by atoms with Crippen molar-refractivity contribution in [3.05, 3.63) is 30.1 Å². The van der Waals surface area contributed by atoms with Crippen molar-refractivity contribution in [2.75, 3.05) is 0 Å². The Morgan fingerprint density at radius 3 is 2.50 bits per heavy atom. The van der Waals surface area contributed by atoms with Gasteiger partial charge >= 0.3 is 0 Å². The van der Waals surface area contributed by atoms with E-state index in [2.05, 4.69) is 15.8 Å². The summed E-state index contributed by atoms with van der Waals surface area (Å²) in [5, 5.41) is 28.9. The van der Waals surface area contributed by atoms with E-state index in [1.165, 1.54) is 24.5 Å². The zero-order valence-corrected chi connectivity index (χ0v) is 10.8. The second-order valence-electron chi connectivity index (χ2n) is 4.57. The number of aliphatic hydroxyl groups excluding tert-OH is 3. The van der Waals surface area contributed by atoms with Crippen LogP contribution in [-0.2, 0) is 4.74 Å². The molecular weight excluding hydrogens is 266 g/mol. The Bertz CT molecular complexity index is 458. The molecule has 1 aromatic heterocycles. The Labute approximate surface area is 115 Å². The average molecular weight is 283 g/mol. The van der Waals surface area contributed by atoms with E-state index in [1.54, 1.807) is 6.92 Å². The summed E-state index contributed by atoms with van der Waals surface area (Å²) in [4.78, 5) is 15.6. The van der Waals surface area contributed by atoms with Gasteiger partial charge in [0.05, 0.1) is 6.10 Å². The minimum absolute atomic E-state index is 0.381. The van der Waals surface area contributed by atoms with Crippen LogP contribution in [0, 0.1) is 0 Å². The van der Waals surface area contributed by atoms with Gasteiger partial charge in [-0.1, -0.05) is 0 Å². The van der Waals surface area contributed by atoms with Crippen molar-refractivity contribution in [1.29, 1.82) is 0 Å². The van der Waals surface area contributed by atoms with Crippen molar-refractivity contribution in [1.82, 2.24) is 15.8 Å². The highest BCUT2D eigenvalue weighted by Crippen LogP contribution is 2.18. The first kappa shape index (κ1) is 14.8. The van der Waals surface area contributed by atoms with Crippen LogP contribution in [0.2, 0.25) is 0 Å². The molecule has 8 nitrogen and oxygen atoms in total. The number of carbonyl (C=O) groups is 1. The monoisotopic (exact) mass is 283 g/mol. The molecule has 8 heteroatoms. The molecule has 2 rings (SSSR count). The van der Waals surface area contributed by atoms with Crippen LogP contribution < -0.4 is 10.9 Å². The van der Waals surface area contributed by atoms with Gasteiger partial charge in [-0.25, -0.2) is 5.43 Å². The summed E-state index contributed by atoms with van der Waals surface area (Å²) in [6.07, 6.45) is -2.64. The Morgan fingerprint density at radius 1 is 1.20 bits per heavy atom. The predicted octanol–water partition coefficient (Wildman–Crippen LogP) is -1.86. The van der Waals surface area contributed by atoms with Gasteiger partial charge in [0.15, 0.2) is 6.23 Å². The Kier molecular flexibility index (Phi) is 4.63. The fraction of sp³-hybridized carbons (Fsp3) is 0.500. The molecule has 110 valence electrons. The van der Waals surface area contributed by atoms with Gasteiger partial charge in [0.1, 0.15) is 18.3 Å². The highest BCUT2D eigenvalue weighted by Gasteiger charge is 2.41. The lowest BCUT2D eigenvalue weighted by Gasteiger charge is -2.39. The topological polar surface area (TPSA) is 124 Å². The molecule has 1 aromatic rings. The molecule has 0 bridgehead atoms. The molecule has 0 radical (unpaired) electrons. The van der Waals surface area contributed by atoms with Crippen LogP contribution in [0.5, 0.6) is 0 Å². The van der Waals surface area contributed by atoms with Gasteiger partial charge in [-0.3, -0.25) is 15.2 Å². The third-order valence-corrected chi connectivity index (χ3v) is 3.12. The number of nitrogens with one attached hydrogen (secondary N) is 2. The number of hydrogen-bond acceptors (Lipinski definition) is 7. The number of rotatable bonds is 3. The van der Waals surface area contributed by atoms with Crippen LogP contribution in [0.4, 0.5) is 0 Å². The van der Waals surface area contributed by atoms with E-state index in [9.17, 15) is 20.1 Å². The molecule has 20 heavy (non-hydrogen) atoms. The molecule has 2 heterocycles. The number of hydrazine groups is 1. The lowest BCUT2D eigenvalue weighted by Crippen LogP contribution is -2.63. The summed E-state index contributed by atoms with van der Waals surface area (Å²) >= 11 is 0. The third kappa shape index (κ3) is 3.11. The second-order valence-corrected chi connectivity index (χ2v) is 4.57. The molecule has 0 saturated carbocycles. The van der Waals surface area contributed by atoms with Gasteiger partial charge in [-0.2, -0.15) is 0 Å². The highest BCUT2D eigenvalue weighted by molar-refractivity contribution is 5.93. The molecule has 0 aliphatic carbocycles. The van der Waals surface area contributed by atoms with Crippen molar-refractivity contribution < 1.29 is 24.9 Å². The molecule has 1 fully saturated rings. The first-order valence-electron chi connectivity index (χ1n) is 6.16. The number of pyridine rings is 1. The smallest absolute Gasteiger partial charge is 0.265 e. The van der Waals surface area contributed by atoms with E-state index >= 15 is 0 Å². The van der Waals surface area contributed by atoms with Crippen molar-refractivity contribution in [3.63, 3.8) is 0 Å². The fourth-order valence-corrected chi connectivity index (χ4v) is 1.88. The van der Waals surface area contributed by atoms with Crippen LogP contribution in [-0.4, -0.2) is 56.9 Å². The van der Waals surface area contributed by atoms with Crippen molar-refractivity contribution in [2.45, 2.75) is 37.6 Å². The maximum atomic E-state index is 11.8. The molecule has 1 aliphatic rings.